The number of amides is 1. The molecule has 0 radical (unpaired) electrons. The lowest BCUT2D eigenvalue weighted by Gasteiger charge is -2.35. The molecule has 0 aliphatic carbocycles. The maximum atomic E-state index is 12.5. The van der Waals surface area contributed by atoms with E-state index in [1.165, 1.54) is 12.1 Å². The average Bonchev–Trinajstić information content (AvgIpc) is 2.66. The molecule has 1 aliphatic heterocycles. The Hall–Kier alpha value is -2.77. The molecule has 1 amide bonds. The van der Waals surface area contributed by atoms with Gasteiger partial charge in [-0.3, -0.25) is 4.79 Å². The van der Waals surface area contributed by atoms with Crippen LogP contribution in [0.15, 0.2) is 30.3 Å². The van der Waals surface area contributed by atoms with Crippen molar-refractivity contribution in [3.63, 3.8) is 0 Å². The van der Waals surface area contributed by atoms with Gasteiger partial charge in [0.05, 0.1) is 0 Å². The molecule has 28 heavy (non-hydrogen) atoms. The number of nitrogens with zero attached hydrogens (tertiary/aromatic N) is 4. The molecule has 6 nitrogen and oxygen atoms in total. The second-order valence-corrected chi connectivity index (χ2v) is 6.81. The number of hydrogen-bond acceptors (Lipinski definition) is 5. The molecule has 2 aromatic rings. The van der Waals surface area contributed by atoms with Crippen molar-refractivity contribution in [3.05, 3.63) is 47.4 Å². The Morgan fingerprint density at radius 1 is 1.11 bits per heavy atom. The second-order valence-electron chi connectivity index (χ2n) is 6.81. The van der Waals surface area contributed by atoms with Crippen molar-refractivity contribution in [2.45, 2.75) is 33.3 Å². The molecule has 1 aromatic heterocycles. The average molecular weight is 390 g/mol. The highest BCUT2D eigenvalue weighted by Crippen LogP contribution is 2.18. The zero-order valence-corrected chi connectivity index (χ0v) is 16.1. The Balaban J connectivity index is 1.47. The summed E-state index contributed by atoms with van der Waals surface area (Å²) in [6.07, 6.45) is 0.957. The van der Waals surface area contributed by atoms with Crippen LogP contribution < -0.4 is 9.64 Å². The summed E-state index contributed by atoms with van der Waals surface area (Å²) in [6.45, 7) is 3.78. The molecule has 1 saturated heterocycles. The number of ether oxygens (including phenoxy) is 1. The van der Waals surface area contributed by atoms with E-state index in [2.05, 4.69) is 19.6 Å². The lowest BCUT2D eigenvalue weighted by molar-refractivity contribution is -0.131. The maximum absolute atomic E-state index is 12.5. The summed E-state index contributed by atoms with van der Waals surface area (Å²) >= 11 is 0. The van der Waals surface area contributed by atoms with Crippen molar-refractivity contribution in [1.29, 1.82) is 0 Å². The number of aromatic nitrogens is 2. The van der Waals surface area contributed by atoms with Crippen molar-refractivity contribution in [1.82, 2.24) is 14.9 Å². The van der Waals surface area contributed by atoms with E-state index in [0.29, 0.717) is 25.9 Å². The van der Waals surface area contributed by atoms with Gasteiger partial charge < -0.3 is 14.5 Å². The van der Waals surface area contributed by atoms with Gasteiger partial charge in [0.2, 0.25) is 5.91 Å². The predicted octanol–water partition coefficient (Wildman–Crippen LogP) is 2.98. The van der Waals surface area contributed by atoms with Gasteiger partial charge in [-0.15, -0.1) is 0 Å². The molecule has 0 bridgehead atoms. The van der Waals surface area contributed by atoms with Crippen molar-refractivity contribution >= 4 is 11.7 Å². The molecule has 0 atom stereocenters. The number of hydrogen-bond donors (Lipinski definition) is 0. The summed E-state index contributed by atoms with van der Waals surface area (Å²) in [5.74, 6) is 1.88. The third-order valence-electron chi connectivity index (χ3n) is 4.68. The summed E-state index contributed by atoms with van der Waals surface area (Å²) < 4.78 is 28.7. The van der Waals surface area contributed by atoms with Gasteiger partial charge in [0.15, 0.2) is 0 Å². The SMILES string of the molecule is Cc1cc(N2CCN(C(=O)CCc3ccc(OC(F)F)cc3)CC2)nc(C)n1. The van der Waals surface area contributed by atoms with E-state index in [1.54, 1.807) is 12.1 Å². The minimum absolute atomic E-state index is 0.0996. The van der Waals surface area contributed by atoms with Crippen LogP contribution in [0.5, 0.6) is 5.75 Å². The highest BCUT2D eigenvalue weighted by molar-refractivity contribution is 5.76. The third-order valence-corrected chi connectivity index (χ3v) is 4.68. The van der Waals surface area contributed by atoms with Crippen LogP contribution in [0.25, 0.3) is 0 Å². The highest BCUT2D eigenvalue weighted by Gasteiger charge is 2.22. The van der Waals surface area contributed by atoms with Gasteiger partial charge in [-0.25, -0.2) is 9.97 Å². The van der Waals surface area contributed by atoms with E-state index in [1.807, 2.05) is 24.8 Å². The molecule has 0 saturated carbocycles. The minimum Gasteiger partial charge on any atom is -0.435 e. The van der Waals surface area contributed by atoms with Gasteiger partial charge >= 0.3 is 6.61 Å². The van der Waals surface area contributed by atoms with E-state index in [0.717, 1.165) is 36.0 Å². The third kappa shape index (κ3) is 5.37. The van der Waals surface area contributed by atoms with Gasteiger partial charge in [0, 0.05) is 44.4 Å². The zero-order valence-electron chi connectivity index (χ0n) is 16.1. The fourth-order valence-electron chi connectivity index (χ4n) is 3.29. The Morgan fingerprint density at radius 3 is 2.39 bits per heavy atom. The molecular weight excluding hydrogens is 366 g/mol. The van der Waals surface area contributed by atoms with Crippen LogP contribution in [0.1, 0.15) is 23.5 Å². The van der Waals surface area contributed by atoms with Crippen molar-refractivity contribution in [2.24, 2.45) is 0 Å². The number of aryl methyl sites for hydroxylation is 3. The summed E-state index contributed by atoms with van der Waals surface area (Å²) in [6, 6.07) is 8.38. The van der Waals surface area contributed by atoms with Crippen LogP contribution in [0.2, 0.25) is 0 Å². The molecule has 2 heterocycles. The Labute approximate surface area is 163 Å². The molecule has 0 unspecified atom stereocenters. The van der Waals surface area contributed by atoms with Gasteiger partial charge in [0.25, 0.3) is 0 Å². The van der Waals surface area contributed by atoms with Crippen LogP contribution in [0.3, 0.4) is 0 Å². The normalized spacial score (nSPS) is 14.5. The summed E-state index contributed by atoms with van der Waals surface area (Å²) in [5, 5.41) is 0. The highest BCUT2D eigenvalue weighted by atomic mass is 19.3. The number of piperazine rings is 1. The van der Waals surface area contributed by atoms with Crippen molar-refractivity contribution in [3.8, 4) is 5.75 Å². The standard InChI is InChI=1S/C20H24F2N4O2/c1-14-13-18(24-15(2)23-14)25-9-11-26(12-10-25)19(27)8-5-16-3-6-17(7-4-16)28-20(21)22/h3-4,6-7,13,20H,5,8-12H2,1-2H3. The molecule has 0 N–H and O–H groups in total. The Kier molecular flexibility index (Phi) is 6.38. The monoisotopic (exact) mass is 390 g/mol. The van der Waals surface area contributed by atoms with Crippen LogP contribution in [-0.4, -0.2) is 53.6 Å². The van der Waals surface area contributed by atoms with E-state index < -0.39 is 6.61 Å². The molecule has 150 valence electrons. The lowest BCUT2D eigenvalue weighted by atomic mass is 10.1. The van der Waals surface area contributed by atoms with Crippen LogP contribution in [0, 0.1) is 13.8 Å². The largest absolute Gasteiger partial charge is 0.435 e. The number of rotatable bonds is 6. The van der Waals surface area contributed by atoms with Crippen LogP contribution >= 0.6 is 0 Å². The number of alkyl halides is 2. The molecule has 1 aromatic carbocycles. The Bertz CT molecular complexity index is 786. The number of halogens is 2. The second kappa shape index (κ2) is 8.95. The fourth-order valence-corrected chi connectivity index (χ4v) is 3.29. The first-order valence-electron chi connectivity index (χ1n) is 9.29. The summed E-state index contributed by atoms with van der Waals surface area (Å²) in [7, 11) is 0. The van der Waals surface area contributed by atoms with Crippen molar-refractivity contribution < 1.29 is 18.3 Å². The first kappa shape index (κ1) is 20.0. The van der Waals surface area contributed by atoms with Gasteiger partial charge in [0.1, 0.15) is 17.4 Å². The van der Waals surface area contributed by atoms with Gasteiger partial charge in [-0.05, 0) is 38.0 Å². The first-order chi connectivity index (χ1) is 13.4. The molecule has 0 spiro atoms. The first-order valence-corrected chi connectivity index (χ1v) is 9.29. The molecule has 1 aliphatic rings. The quantitative estimate of drug-likeness (QED) is 0.759. The molecular formula is C20H24F2N4O2. The summed E-state index contributed by atoms with van der Waals surface area (Å²) in [4.78, 5) is 25.3. The van der Waals surface area contributed by atoms with Crippen molar-refractivity contribution in [2.75, 3.05) is 31.1 Å². The van der Waals surface area contributed by atoms with Crippen LogP contribution in [0.4, 0.5) is 14.6 Å². The lowest BCUT2D eigenvalue weighted by Crippen LogP contribution is -2.49. The van der Waals surface area contributed by atoms with Crippen LogP contribution in [-0.2, 0) is 11.2 Å². The Morgan fingerprint density at radius 2 is 1.79 bits per heavy atom. The number of carbonyl (C=O) groups excluding carboxylic acids is 1. The van der Waals surface area contributed by atoms with E-state index in [4.69, 9.17) is 0 Å². The smallest absolute Gasteiger partial charge is 0.387 e. The minimum atomic E-state index is -2.83. The predicted molar refractivity (Wildman–Crippen MR) is 102 cm³/mol. The van der Waals surface area contributed by atoms with E-state index >= 15 is 0 Å². The van der Waals surface area contributed by atoms with E-state index in [-0.39, 0.29) is 11.7 Å². The molecule has 1 fully saturated rings. The number of anilines is 1. The number of benzene rings is 1. The molecule has 3 rings (SSSR count). The van der Waals surface area contributed by atoms with Gasteiger partial charge in [-0.1, -0.05) is 12.1 Å². The fraction of sp³-hybridized carbons (Fsp3) is 0.450. The zero-order chi connectivity index (χ0) is 20.1. The number of carbonyl (C=O) groups is 1. The van der Waals surface area contributed by atoms with Gasteiger partial charge in [-0.2, -0.15) is 8.78 Å². The molecule has 8 heteroatoms. The topological polar surface area (TPSA) is 58.6 Å². The van der Waals surface area contributed by atoms with E-state index in [9.17, 15) is 13.6 Å². The maximum Gasteiger partial charge on any atom is 0.387 e. The summed E-state index contributed by atoms with van der Waals surface area (Å²) in [5.41, 5.74) is 1.85.